The van der Waals surface area contributed by atoms with Gasteiger partial charge in [0.25, 0.3) is 0 Å². The minimum atomic E-state index is 0.286. The van der Waals surface area contributed by atoms with Crippen molar-refractivity contribution >= 4 is 11.5 Å². The molecule has 1 aromatic carbocycles. The topological polar surface area (TPSA) is 29.5 Å². The summed E-state index contributed by atoms with van der Waals surface area (Å²) in [6, 6.07) is 8.55. The van der Waals surface area contributed by atoms with E-state index in [0.29, 0.717) is 25.2 Å². The summed E-state index contributed by atoms with van der Waals surface area (Å²) in [5, 5.41) is 0. The minimum Gasteiger partial charge on any atom is -0.380 e. The number of para-hydroxylation sites is 1. The maximum Gasteiger partial charge on any atom is 0.136 e. The molecule has 0 saturated carbocycles. The average Bonchev–Trinajstić information content (AvgIpc) is 2.31. The van der Waals surface area contributed by atoms with Crippen LogP contribution in [-0.2, 0) is 16.1 Å². The highest BCUT2D eigenvalue weighted by atomic mass is 16.5. The van der Waals surface area contributed by atoms with Gasteiger partial charge in [-0.3, -0.25) is 4.79 Å². The van der Waals surface area contributed by atoms with Crippen LogP contribution < -0.4 is 4.90 Å². The summed E-state index contributed by atoms with van der Waals surface area (Å²) in [6.45, 7) is 3.55. The van der Waals surface area contributed by atoms with Crippen LogP contribution in [0.5, 0.6) is 0 Å². The van der Waals surface area contributed by atoms with Gasteiger partial charge in [-0.25, -0.2) is 0 Å². The molecule has 1 fully saturated rings. The molecule has 1 aromatic rings. The summed E-state index contributed by atoms with van der Waals surface area (Å²) in [7, 11) is 1.71. The van der Waals surface area contributed by atoms with Gasteiger partial charge in [0.1, 0.15) is 5.78 Å². The Kier molecular flexibility index (Phi) is 3.79. The average molecular weight is 233 g/mol. The maximum atomic E-state index is 11.4. The van der Waals surface area contributed by atoms with Crippen molar-refractivity contribution in [3.63, 3.8) is 0 Å². The van der Waals surface area contributed by atoms with E-state index in [1.54, 1.807) is 7.11 Å². The molecule has 2 rings (SSSR count). The molecule has 0 N–H and O–H groups in total. The van der Waals surface area contributed by atoms with Crippen molar-refractivity contribution in [1.29, 1.82) is 0 Å². The number of methoxy groups -OCH3 is 1. The van der Waals surface area contributed by atoms with Gasteiger partial charge in [0.15, 0.2) is 0 Å². The second-order valence-electron chi connectivity index (χ2n) is 4.60. The van der Waals surface area contributed by atoms with Crippen LogP contribution in [0.4, 0.5) is 5.69 Å². The van der Waals surface area contributed by atoms with E-state index in [1.165, 1.54) is 11.3 Å². The number of hydrogen-bond acceptors (Lipinski definition) is 3. The highest BCUT2D eigenvalue weighted by Crippen LogP contribution is 2.27. The van der Waals surface area contributed by atoms with Crippen molar-refractivity contribution in [2.75, 3.05) is 18.6 Å². The Balaban J connectivity index is 2.23. The van der Waals surface area contributed by atoms with E-state index in [2.05, 4.69) is 24.0 Å². The molecule has 92 valence electrons. The lowest BCUT2D eigenvalue weighted by atomic mass is 10.00. The number of ether oxygens (including phenoxy) is 1. The third-order valence-electron chi connectivity index (χ3n) is 3.29. The number of carbonyl (C=O) groups excluding carboxylic acids is 1. The lowest BCUT2D eigenvalue weighted by Gasteiger charge is -2.36. The summed E-state index contributed by atoms with van der Waals surface area (Å²) >= 11 is 0. The number of rotatable bonds is 3. The molecule has 0 aliphatic carbocycles. The summed E-state index contributed by atoms with van der Waals surface area (Å²) in [6.07, 6.45) is 1.31. The third kappa shape index (κ3) is 2.67. The van der Waals surface area contributed by atoms with Crippen molar-refractivity contribution < 1.29 is 9.53 Å². The first-order valence-electron chi connectivity index (χ1n) is 6.07. The fourth-order valence-electron chi connectivity index (χ4n) is 2.43. The van der Waals surface area contributed by atoms with E-state index in [0.717, 1.165) is 6.54 Å². The Morgan fingerprint density at radius 3 is 2.88 bits per heavy atom. The first-order valence-corrected chi connectivity index (χ1v) is 6.07. The van der Waals surface area contributed by atoms with Crippen molar-refractivity contribution in [3.05, 3.63) is 29.8 Å². The zero-order valence-electron chi connectivity index (χ0n) is 10.5. The molecule has 1 saturated heterocycles. The number of ketones is 1. The number of piperidine rings is 1. The van der Waals surface area contributed by atoms with E-state index in [1.807, 2.05) is 12.1 Å². The van der Waals surface area contributed by atoms with Crippen molar-refractivity contribution in [2.45, 2.75) is 32.4 Å². The van der Waals surface area contributed by atoms with Crippen LogP contribution >= 0.6 is 0 Å². The number of anilines is 1. The zero-order chi connectivity index (χ0) is 12.3. The molecule has 0 radical (unpaired) electrons. The Bertz CT molecular complexity index is 403. The second-order valence-corrected chi connectivity index (χ2v) is 4.60. The monoisotopic (exact) mass is 233 g/mol. The molecule has 3 heteroatoms. The Morgan fingerprint density at radius 1 is 1.41 bits per heavy atom. The number of carbonyl (C=O) groups is 1. The van der Waals surface area contributed by atoms with Crippen molar-refractivity contribution in [3.8, 4) is 0 Å². The largest absolute Gasteiger partial charge is 0.380 e. The number of benzene rings is 1. The van der Waals surface area contributed by atoms with Gasteiger partial charge in [-0.2, -0.15) is 0 Å². The summed E-state index contributed by atoms with van der Waals surface area (Å²) in [5.74, 6) is 0.373. The molecule has 17 heavy (non-hydrogen) atoms. The van der Waals surface area contributed by atoms with Gasteiger partial charge in [-0.15, -0.1) is 0 Å². The molecule has 1 heterocycles. The van der Waals surface area contributed by atoms with Crippen molar-refractivity contribution in [2.24, 2.45) is 0 Å². The predicted octanol–water partition coefficient (Wildman–Crippen LogP) is 2.39. The predicted molar refractivity (Wildman–Crippen MR) is 68.2 cm³/mol. The van der Waals surface area contributed by atoms with Crippen LogP contribution in [0.2, 0.25) is 0 Å². The van der Waals surface area contributed by atoms with E-state index in [9.17, 15) is 4.79 Å². The van der Waals surface area contributed by atoms with Gasteiger partial charge < -0.3 is 9.64 Å². The molecular formula is C14H19NO2. The molecule has 1 aliphatic heterocycles. The number of Topliss-reactive ketones (excluding diaryl/α,β-unsaturated/α-hetero) is 1. The Hall–Kier alpha value is -1.35. The lowest BCUT2D eigenvalue weighted by Crippen LogP contribution is -2.41. The van der Waals surface area contributed by atoms with Crippen LogP contribution in [-0.4, -0.2) is 25.5 Å². The SMILES string of the molecule is COCc1ccccc1N1CCC(=O)CC1C. The van der Waals surface area contributed by atoms with Gasteiger partial charge in [0, 0.05) is 43.8 Å². The standard InChI is InChI=1S/C14H19NO2/c1-11-9-13(16)7-8-15(11)14-6-4-3-5-12(14)10-17-2/h3-6,11H,7-10H2,1-2H3. The van der Waals surface area contributed by atoms with Crippen LogP contribution in [0.3, 0.4) is 0 Å². The first-order chi connectivity index (χ1) is 8.22. The minimum absolute atomic E-state index is 0.286. The lowest BCUT2D eigenvalue weighted by molar-refractivity contribution is -0.120. The molecule has 1 atom stereocenters. The molecule has 1 aliphatic rings. The fourth-order valence-corrected chi connectivity index (χ4v) is 2.43. The highest BCUT2D eigenvalue weighted by Gasteiger charge is 2.24. The van der Waals surface area contributed by atoms with Crippen LogP contribution in [0, 0.1) is 0 Å². The van der Waals surface area contributed by atoms with Gasteiger partial charge in [-0.1, -0.05) is 18.2 Å². The van der Waals surface area contributed by atoms with E-state index in [4.69, 9.17) is 4.74 Å². The Labute approximate surface area is 102 Å². The smallest absolute Gasteiger partial charge is 0.136 e. The third-order valence-corrected chi connectivity index (χ3v) is 3.29. The molecule has 0 spiro atoms. The van der Waals surface area contributed by atoms with Gasteiger partial charge >= 0.3 is 0 Å². The van der Waals surface area contributed by atoms with Crippen LogP contribution in [0.1, 0.15) is 25.3 Å². The summed E-state index contributed by atoms with van der Waals surface area (Å²) in [5.41, 5.74) is 2.39. The number of hydrogen-bond donors (Lipinski definition) is 0. The quantitative estimate of drug-likeness (QED) is 0.803. The molecule has 3 nitrogen and oxygen atoms in total. The molecule has 0 amide bonds. The van der Waals surface area contributed by atoms with Gasteiger partial charge in [0.2, 0.25) is 0 Å². The number of nitrogens with zero attached hydrogens (tertiary/aromatic N) is 1. The second kappa shape index (κ2) is 5.32. The molecule has 0 aromatic heterocycles. The zero-order valence-corrected chi connectivity index (χ0v) is 10.5. The normalized spacial score (nSPS) is 20.7. The highest BCUT2D eigenvalue weighted by molar-refractivity contribution is 5.81. The van der Waals surface area contributed by atoms with Crippen LogP contribution in [0.15, 0.2) is 24.3 Å². The molecule has 1 unspecified atom stereocenters. The Morgan fingerprint density at radius 2 is 2.18 bits per heavy atom. The van der Waals surface area contributed by atoms with E-state index in [-0.39, 0.29) is 6.04 Å². The molecular weight excluding hydrogens is 214 g/mol. The first kappa shape index (κ1) is 12.1. The molecule has 0 bridgehead atoms. The summed E-state index contributed by atoms with van der Waals surface area (Å²) in [4.78, 5) is 13.7. The van der Waals surface area contributed by atoms with E-state index >= 15 is 0 Å². The van der Waals surface area contributed by atoms with Gasteiger partial charge in [-0.05, 0) is 13.0 Å². The fraction of sp³-hybridized carbons (Fsp3) is 0.500. The maximum absolute atomic E-state index is 11.4. The van der Waals surface area contributed by atoms with E-state index < -0.39 is 0 Å². The van der Waals surface area contributed by atoms with Crippen molar-refractivity contribution in [1.82, 2.24) is 0 Å². The summed E-state index contributed by atoms with van der Waals surface area (Å²) < 4.78 is 5.22. The van der Waals surface area contributed by atoms with Gasteiger partial charge in [0.05, 0.1) is 6.61 Å². The van der Waals surface area contributed by atoms with Crippen LogP contribution in [0.25, 0.3) is 0 Å².